The van der Waals surface area contributed by atoms with Crippen LogP contribution in [0.2, 0.25) is 0 Å². The number of benzene rings is 2. The van der Waals surface area contributed by atoms with E-state index < -0.39 is 21.7 Å². The molecule has 0 heterocycles. The summed E-state index contributed by atoms with van der Waals surface area (Å²) >= 11 is 0. The first kappa shape index (κ1) is 19.3. The summed E-state index contributed by atoms with van der Waals surface area (Å²) in [5.74, 6) is 0.214. The Morgan fingerprint density at radius 2 is 1.68 bits per heavy atom. The van der Waals surface area contributed by atoms with Crippen LogP contribution in [0.1, 0.15) is 37.0 Å². The molecule has 1 amide bonds. The van der Waals surface area contributed by atoms with Crippen LogP contribution in [0, 0.1) is 0 Å². The first-order valence-electron chi connectivity index (χ1n) is 8.46. The summed E-state index contributed by atoms with van der Waals surface area (Å²) in [5, 5.41) is 0. The van der Waals surface area contributed by atoms with Crippen LogP contribution >= 0.6 is 0 Å². The average Bonchev–Trinajstić information content (AvgIpc) is 2.62. The van der Waals surface area contributed by atoms with E-state index in [1.165, 1.54) is 7.11 Å². The molecule has 0 saturated heterocycles. The van der Waals surface area contributed by atoms with Crippen molar-refractivity contribution in [1.82, 2.24) is 0 Å². The standard InChI is InChI=1S/C20H25NO3S/c1-3-4-15-25(23,16-17-11-7-5-8-12-17)21-20(22)19(24-2)18-13-9-6-10-14-18/h5-14,19H,3-4,15-16H2,1-2H3. The van der Waals surface area contributed by atoms with E-state index in [1.54, 1.807) is 0 Å². The second kappa shape index (κ2) is 9.49. The van der Waals surface area contributed by atoms with Crippen LogP contribution in [0.25, 0.3) is 0 Å². The predicted molar refractivity (Wildman–Crippen MR) is 102 cm³/mol. The fraction of sp³-hybridized carbons (Fsp3) is 0.350. The lowest BCUT2D eigenvalue weighted by Gasteiger charge is -2.14. The molecule has 2 aromatic carbocycles. The minimum absolute atomic E-state index is 0.283. The molecule has 2 atom stereocenters. The number of methoxy groups -OCH3 is 1. The van der Waals surface area contributed by atoms with Gasteiger partial charge in [-0.2, -0.15) is 4.36 Å². The van der Waals surface area contributed by atoms with Crippen molar-refractivity contribution in [1.29, 1.82) is 0 Å². The highest BCUT2D eigenvalue weighted by Gasteiger charge is 2.22. The van der Waals surface area contributed by atoms with E-state index >= 15 is 0 Å². The molecule has 0 bridgehead atoms. The number of ether oxygens (including phenoxy) is 1. The van der Waals surface area contributed by atoms with Crippen LogP contribution in [0.3, 0.4) is 0 Å². The van der Waals surface area contributed by atoms with Gasteiger partial charge in [0.2, 0.25) is 0 Å². The zero-order valence-corrected chi connectivity index (χ0v) is 15.6. The maximum Gasteiger partial charge on any atom is 0.287 e. The second-order valence-corrected chi connectivity index (χ2v) is 8.34. The van der Waals surface area contributed by atoms with Crippen molar-refractivity contribution in [3.63, 3.8) is 0 Å². The third-order valence-corrected chi connectivity index (χ3v) is 6.09. The molecule has 0 fully saturated rings. The van der Waals surface area contributed by atoms with Crippen LogP contribution in [0.4, 0.5) is 0 Å². The number of nitrogens with zero attached hydrogens (tertiary/aromatic N) is 1. The Morgan fingerprint density at radius 1 is 1.08 bits per heavy atom. The van der Waals surface area contributed by atoms with Crippen LogP contribution in [-0.4, -0.2) is 23.0 Å². The quantitative estimate of drug-likeness (QED) is 0.703. The molecule has 2 unspecified atom stereocenters. The van der Waals surface area contributed by atoms with E-state index in [9.17, 15) is 9.00 Å². The minimum Gasteiger partial charge on any atom is -0.367 e. The Kier molecular flexibility index (Phi) is 7.34. The molecule has 0 saturated carbocycles. The number of carbonyl (C=O) groups excluding carboxylic acids is 1. The monoisotopic (exact) mass is 359 g/mol. The zero-order valence-electron chi connectivity index (χ0n) is 14.8. The van der Waals surface area contributed by atoms with Gasteiger partial charge in [-0.1, -0.05) is 74.0 Å². The second-order valence-electron chi connectivity index (χ2n) is 5.92. The Bertz CT molecular complexity index is 781. The Labute approximate surface area is 150 Å². The van der Waals surface area contributed by atoms with E-state index in [4.69, 9.17) is 4.74 Å². The molecule has 0 radical (unpaired) electrons. The van der Waals surface area contributed by atoms with E-state index in [2.05, 4.69) is 4.36 Å². The van der Waals surface area contributed by atoms with Gasteiger partial charge < -0.3 is 4.74 Å². The van der Waals surface area contributed by atoms with Gasteiger partial charge in [-0.05, 0) is 17.5 Å². The molecule has 2 aromatic rings. The fourth-order valence-electron chi connectivity index (χ4n) is 2.57. The number of amides is 1. The number of hydrogen-bond acceptors (Lipinski definition) is 3. The predicted octanol–water partition coefficient (Wildman–Crippen LogP) is 4.37. The van der Waals surface area contributed by atoms with Gasteiger partial charge in [0.1, 0.15) is 0 Å². The summed E-state index contributed by atoms with van der Waals surface area (Å²) < 4.78 is 22.8. The summed E-state index contributed by atoms with van der Waals surface area (Å²) in [6.45, 7) is 2.03. The fourth-order valence-corrected chi connectivity index (χ4v) is 4.75. The van der Waals surface area contributed by atoms with Gasteiger partial charge in [0.05, 0.1) is 15.5 Å². The molecular formula is C20H25NO3S. The summed E-state index contributed by atoms with van der Waals surface area (Å²) in [6, 6.07) is 18.7. The number of rotatable bonds is 8. The Balaban J connectivity index is 2.31. The normalized spacial score (nSPS) is 14.5. The topological polar surface area (TPSA) is 55.7 Å². The van der Waals surface area contributed by atoms with Crippen molar-refractivity contribution in [3.05, 3.63) is 71.8 Å². The lowest BCUT2D eigenvalue weighted by atomic mass is 10.1. The van der Waals surface area contributed by atoms with Gasteiger partial charge in [-0.15, -0.1) is 0 Å². The van der Waals surface area contributed by atoms with E-state index in [-0.39, 0.29) is 5.75 Å². The van der Waals surface area contributed by atoms with Crippen LogP contribution in [-0.2, 0) is 25.0 Å². The third-order valence-electron chi connectivity index (χ3n) is 3.87. The Hall–Kier alpha value is -1.98. The molecule has 0 aliphatic heterocycles. The molecule has 0 spiro atoms. The Morgan fingerprint density at radius 3 is 2.24 bits per heavy atom. The van der Waals surface area contributed by atoms with Crippen LogP contribution in [0.15, 0.2) is 65.0 Å². The van der Waals surface area contributed by atoms with Gasteiger partial charge in [0, 0.05) is 12.9 Å². The molecule has 25 heavy (non-hydrogen) atoms. The SMILES string of the molecule is CCCCS(=O)(Cc1ccccc1)=NC(=O)C(OC)c1ccccc1. The molecule has 0 aliphatic rings. The molecule has 0 aromatic heterocycles. The average molecular weight is 359 g/mol. The number of unbranched alkanes of at least 4 members (excludes halogenated alkanes) is 1. The van der Waals surface area contributed by atoms with Crippen LogP contribution in [0.5, 0.6) is 0 Å². The van der Waals surface area contributed by atoms with E-state index in [0.717, 1.165) is 24.0 Å². The highest BCUT2D eigenvalue weighted by molar-refractivity contribution is 7.93. The molecule has 0 aliphatic carbocycles. The zero-order chi connectivity index (χ0) is 18.1. The highest BCUT2D eigenvalue weighted by atomic mass is 32.2. The molecule has 0 N–H and O–H groups in total. The summed E-state index contributed by atoms with van der Waals surface area (Å²) in [5.41, 5.74) is 1.64. The molecule has 4 nitrogen and oxygen atoms in total. The van der Waals surface area contributed by atoms with Gasteiger partial charge in [-0.25, -0.2) is 4.21 Å². The van der Waals surface area contributed by atoms with Gasteiger partial charge >= 0.3 is 0 Å². The number of hydrogen-bond donors (Lipinski definition) is 0. The summed E-state index contributed by atoms with van der Waals surface area (Å²) in [6.07, 6.45) is 0.854. The molecule has 2 rings (SSSR count). The molecule has 5 heteroatoms. The summed E-state index contributed by atoms with van der Waals surface area (Å²) in [7, 11) is -1.20. The van der Waals surface area contributed by atoms with Gasteiger partial charge in [0.25, 0.3) is 5.91 Å². The lowest BCUT2D eigenvalue weighted by Crippen LogP contribution is -2.17. The van der Waals surface area contributed by atoms with Crippen molar-refractivity contribution in [2.45, 2.75) is 31.6 Å². The van der Waals surface area contributed by atoms with Crippen molar-refractivity contribution < 1.29 is 13.7 Å². The third kappa shape index (κ3) is 5.80. The van der Waals surface area contributed by atoms with E-state index in [1.807, 2.05) is 67.6 Å². The smallest absolute Gasteiger partial charge is 0.287 e. The first-order chi connectivity index (χ1) is 12.1. The highest BCUT2D eigenvalue weighted by Crippen LogP contribution is 2.20. The van der Waals surface area contributed by atoms with Crippen molar-refractivity contribution in [2.24, 2.45) is 4.36 Å². The van der Waals surface area contributed by atoms with Gasteiger partial charge in [0.15, 0.2) is 6.10 Å². The molecular weight excluding hydrogens is 334 g/mol. The maximum absolute atomic E-state index is 13.3. The number of carbonyl (C=O) groups is 1. The van der Waals surface area contributed by atoms with Crippen LogP contribution < -0.4 is 0 Å². The van der Waals surface area contributed by atoms with Gasteiger partial charge in [-0.3, -0.25) is 4.79 Å². The van der Waals surface area contributed by atoms with Crippen molar-refractivity contribution in [3.8, 4) is 0 Å². The largest absolute Gasteiger partial charge is 0.367 e. The minimum atomic E-state index is -2.67. The lowest BCUT2D eigenvalue weighted by molar-refractivity contribution is -0.127. The van der Waals surface area contributed by atoms with Crippen molar-refractivity contribution in [2.75, 3.05) is 12.9 Å². The first-order valence-corrected chi connectivity index (χ1v) is 10.3. The van der Waals surface area contributed by atoms with E-state index in [0.29, 0.717) is 5.75 Å². The van der Waals surface area contributed by atoms with Crippen molar-refractivity contribution >= 4 is 15.6 Å². The maximum atomic E-state index is 13.3. The summed E-state index contributed by atoms with van der Waals surface area (Å²) in [4.78, 5) is 12.7. The molecule has 134 valence electrons.